The third kappa shape index (κ3) is 3.59. The van der Waals surface area contributed by atoms with Crippen LogP contribution in [0.1, 0.15) is 27.1 Å². The SMILES string of the molecule is COc1cc(C)c(C(Br)Cc2ccccc2C)cc1OC. The molecule has 2 rings (SSSR count). The summed E-state index contributed by atoms with van der Waals surface area (Å²) in [6.07, 6.45) is 0.947. The van der Waals surface area contributed by atoms with Crippen molar-refractivity contribution in [3.63, 3.8) is 0 Å². The number of rotatable bonds is 5. The summed E-state index contributed by atoms with van der Waals surface area (Å²) in [7, 11) is 3.33. The second kappa shape index (κ2) is 6.99. The fraction of sp³-hybridized carbons (Fsp3) is 0.333. The number of ether oxygens (including phenoxy) is 2. The van der Waals surface area contributed by atoms with Gasteiger partial charge in [-0.3, -0.25) is 0 Å². The first kappa shape index (κ1) is 15.9. The van der Waals surface area contributed by atoms with Gasteiger partial charge in [-0.05, 0) is 54.7 Å². The zero-order valence-corrected chi connectivity index (χ0v) is 14.5. The van der Waals surface area contributed by atoms with E-state index in [9.17, 15) is 0 Å². The van der Waals surface area contributed by atoms with Crippen LogP contribution in [0.5, 0.6) is 11.5 Å². The summed E-state index contributed by atoms with van der Waals surface area (Å²) >= 11 is 3.82. The first-order valence-electron chi connectivity index (χ1n) is 6.98. The molecule has 0 saturated heterocycles. The highest BCUT2D eigenvalue weighted by molar-refractivity contribution is 9.09. The zero-order valence-electron chi connectivity index (χ0n) is 12.9. The van der Waals surface area contributed by atoms with Crippen LogP contribution in [0.15, 0.2) is 36.4 Å². The molecule has 21 heavy (non-hydrogen) atoms. The number of alkyl halides is 1. The van der Waals surface area contributed by atoms with E-state index in [4.69, 9.17) is 9.47 Å². The van der Waals surface area contributed by atoms with E-state index in [1.165, 1.54) is 22.3 Å². The molecule has 1 unspecified atom stereocenters. The quantitative estimate of drug-likeness (QED) is 0.708. The molecule has 0 aromatic heterocycles. The van der Waals surface area contributed by atoms with Gasteiger partial charge in [0.2, 0.25) is 0 Å². The molecule has 2 aromatic rings. The van der Waals surface area contributed by atoms with Crippen LogP contribution in [0.25, 0.3) is 0 Å². The lowest BCUT2D eigenvalue weighted by Gasteiger charge is -2.17. The average molecular weight is 349 g/mol. The topological polar surface area (TPSA) is 18.5 Å². The van der Waals surface area contributed by atoms with E-state index in [0.717, 1.165) is 17.9 Å². The van der Waals surface area contributed by atoms with Crippen molar-refractivity contribution in [2.75, 3.05) is 14.2 Å². The number of hydrogen-bond donors (Lipinski definition) is 0. The molecule has 0 aliphatic carbocycles. The lowest BCUT2D eigenvalue weighted by atomic mass is 9.97. The number of benzene rings is 2. The summed E-state index contributed by atoms with van der Waals surface area (Å²) in [5.74, 6) is 1.54. The summed E-state index contributed by atoms with van der Waals surface area (Å²) < 4.78 is 10.8. The van der Waals surface area contributed by atoms with Crippen molar-refractivity contribution < 1.29 is 9.47 Å². The second-order valence-electron chi connectivity index (χ2n) is 5.16. The molecule has 112 valence electrons. The predicted molar refractivity (Wildman–Crippen MR) is 90.8 cm³/mol. The third-order valence-electron chi connectivity index (χ3n) is 3.77. The van der Waals surface area contributed by atoms with E-state index < -0.39 is 0 Å². The second-order valence-corrected chi connectivity index (χ2v) is 6.27. The number of halogens is 1. The van der Waals surface area contributed by atoms with Crippen molar-refractivity contribution >= 4 is 15.9 Å². The van der Waals surface area contributed by atoms with Gasteiger partial charge in [0.05, 0.1) is 14.2 Å². The average Bonchev–Trinajstić information content (AvgIpc) is 2.49. The molecule has 0 radical (unpaired) electrons. The van der Waals surface area contributed by atoms with Crippen LogP contribution in [-0.4, -0.2) is 14.2 Å². The Morgan fingerprint density at radius 2 is 1.57 bits per heavy atom. The molecule has 1 atom stereocenters. The molecular formula is C18H21BrO2. The maximum atomic E-state index is 5.41. The first-order chi connectivity index (χ1) is 10.1. The fourth-order valence-corrected chi connectivity index (χ4v) is 3.32. The largest absolute Gasteiger partial charge is 0.493 e. The Kier molecular flexibility index (Phi) is 5.29. The Bertz CT molecular complexity index is 623. The van der Waals surface area contributed by atoms with Gasteiger partial charge in [0.15, 0.2) is 11.5 Å². The first-order valence-corrected chi connectivity index (χ1v) is 7.89. The summed E-state index contributed by atoms with van der Waals surface area (Å²) in [6, 6.07) is 12.6. The van der Waals surface area contributed by atoms with Crippen molar-refractivity contribution in [3.8, 4) is 11.5 Å². The van der Waals surface area contributed by atoms with E-state index in [1.54, 1.807) is 14.2 Å². The van der Waals surface area contributed by atoms with Gasteiger partial charge in [0.25, 0.3) is 0 Å². The Morgan fingerprint density at radius 3 is 2.19 bits per heavy atom. The molecule has 0 amide bonds. The van der Waals surface area contributed by atoms with Crippen molar-refractivity contribution in [1.82, 2.24) is 0 Å². The predicted octanol–water partition coefficient (Wildman–Crippen LogP) is 5.00. The maximum Gasteiger partial charge on any atom is 0.161 e. The maximum absolute atomic E-state index is 5.41. The molecular weight excluding hydrogens is 328 g/mol. The van der Waals surface area contributed by atoms with Gasteiger partial charge in [-0.25, -0.2) is 0 Å². The smallest absolute Gasteiger partial charge is 0.161 e. The van der Waals surface area contributed by atoms with Crippen molar-refractivity contribution in [3.05, 3.63) is 58.7 Å². The Morgan fingerprint density at radius 1 is 0.952 bits per heavy atom. The minimum absolute atomic E-state index is 0.249. The summed E-state index contributed by atoms with van der Waals surface area (Å²) in [4.78, 5) is 0.249. The molecule has 0 saturated carbocycles. The molecule has 0 aliphatic rings. The minimum atomic E-state index is 0.249. The fourth-order valence-electron chi connectivity index (χ4n) is 2.48. The molecule has 0 heterocycles. The Hall–Kier alpha value is -1.48. The number of aryl methyl sites for hydroxylation is 2. The van der Waals surface area contributed by atoms with E-state index in [0.29, 0.717) is 0 Å². The van der Waals surface area contributed by atoms with Gasteiger partial charge in [-0.1, -0.05) is 40.2 Å². The van der Waals surface area contributed by atoms with Crippen LogP contribution in [-0.2, 0) is 6.42 Å². The van der Waals surface area contributed by atoms with E-state index in [2.05, 4.69) is 60.1 Å². The lowest BCUT2D eigenvalue weighted by Crippen LogP contribution is -2.01. The summed E-state index contributed by atoms with van der Waals surface area (Å²) in [6.45, 7) is 4.25. The van der Waals surface area contributed by atoms with Crippen LogP contribution in [0, 0.1) is 13.8 Å². The molecule has 0 aliphatic heterocycles. The van der Waals surface area contributed by atoms with Gasteiger partial charge in [0, 0.05) is 4.83 Å². The molecule has 0 bridgehead atoms. The minimum Gasteiger partial charge on any atom is -0.493 e. The summed E-state index contributed by atoms with van der Waals surface area (Å²) in [5.41, 5.74) is 5.10. The standard InChI is InChI=1S/C18H21BrO2/c1-12-7-5-6-8-14(12)10-16(19)15-11-18(21-4)17(20-3)9-13(15)2/h5-9,11,16H,10H2,1-4H3. The Labute approximate surface area is 135 Å². The van der Waals surface area contributed by atoms with Gasteiger partial charge >= 0.3 is 0 Å². The highest BCUT2D eigenvalue weighted by Gasteiger charge is 2.16. The Balaban J connectivity index is 2.31. The van der Waals surface area contributed by atoms with E-state index >= 15 is 0 Å². The molecule has 2 nitrogen and oxygen atoms in total. The van der Waals surface area contributed by atoms with Gasteiger partial charge in [-0.2, -0.15) is 0 Å². The highest BCUT2D eigenvalue weighted by Crippen LogP contribution is 2.37. The van der Waals surface area contributed by atoms with Crippen LogP contribution >= 0.6 is 15.9 Å². The van der Waals surface area contributed by atoms with Crippen LogP contribution in [0.4, 0.5) is 0 Å². The molecule has 3 heteroatoms. The summed E-state index contributed by atoms with van der Waals surface area (Å²) in [5, 5.41) is 0. The normalized spacial score (nSPS) is 12.0. The third-order valence-corrected chi connectivity index (χ3v) is 4.59. The van der Waals surface area contributed by atoms with E-state index in [-0.39, 0.29) is 4.83 Å². The number of methoxy groups -OCH3 is 2. The number of hydrogen-bond acceptors (Lipinski definition) is 2. The van der Waals surface area contributed by atoms with Crippen LogP contribution in [0.2, 0.25) is 0 Å². The van der Waals surface area contributed by atoms with Gasteiger partial charge in [0.1, 0.15) is 0 Å². The monoisotopic (exact) mass is 348 g/mol. The van der Waals surface area contributed by atoms with Crippen molar-refractivity contribution in [2.24, 2.45) is 0 Å². The molecule has 0 N–H and O–H groups in total. The molecule has 0 spiro atoms. The van der Waals surface area contributed by atoms with Gasteiger partial charge < -0.3 is 9.47 Å². The van der Waals surface area contributed by atoms with E-state index in [1.807, 2.05) is 6.07 Å². The van der Waals surface area contributed by atoms with Crippen LogP contribution in [0.3, 0.4) is 0 Å². The van der Waals surface area contributed by atoms with Crippen molar-refractivity contribution in [2.45, 2.75) is 25.1 Å². The van der Waals surface area contributed by atoms with Crippen molar-refractivity contribution in [1.29, 1.82) is 0 Å². The van der Waals surface area contributed by atoms with Gasteiger partial charge in [-0.15, -0.1) is 0 Å². The molecule has 0 fully saturated rings. The molecule has 2 aromatic carbocycles. The zero-order chi connectivity index (χ0) is 15.4. The lowest BCUT2D eigenvalue weighted by molar-refractivity contribution is 0.354. The van der Waals surface area contributed by atoms with Crippen LogP contribution < -0.4 is 9.47 Å². The highest BCUT2D eigenvalue weighted by atomic mass is 79.9.